The Balaban J connectivity index is 3.19. The van der Waals surface area contributed by atoms with E-state index in [9.17, 15) is 4.79 Å². The number of hydrogen-bond donors (Lipinski definition) is 3. The zero-order valence-corrected chi connectivity index (χ0v) is 9.79. The van der Waals surface area contributed by atoms with Gasteiger partial charge in [0.05, 0.1) is 5.56 Å². The number of benzene rings is 1. The normalized spacial score (nSPS) is 12.4. The van der Waals surface area contributed by atoms with Crippen molar-refractivity contribution in [2.45, 2.75) is 13.3 Å². The minimum Gasteiger partial charge on any atom is -0.478 e. The molecule has 88 valence electrons. The molecule has 1 unspecified atom stereocenters. The average Bonchev–Trinajstić information content (AvgIpc) is 2.20. The van der Waals surface area contributed by atoms with Crippen molar-refractivity contribution in [1.82, 2.24) is 0 Å². The number of hydrogen-bond acceptors (Lipinski definition) is 3. The van der Waals surface area contributed by atoms with E-state index in [1.165, 1.54) is 6.07 Å². The molecule has 0 aliphatic heterocycles. The molecule has 0 radical (unpaired) electrons. The van der Waals surface area contributed by atoms with Crippen LogP contribution in [0.25, 0.3) is 0 Å². The fourth-order valence-electron chi connectivity index (χ4n) is 1.54. The zero-order valence-electron chi connectivity index (χ0n) is 9.03. The van der Waals surface area contributed by atoms with Gasteiger partial charge in [-0.25, -0.2) is 4.79 Å². The number of carboxylic acids is 1. The third-order valence-corrected chi connectivity index (χ3v) is 2.88. The summed E-state index contributed by atoms with van der Waals surface area (Å²) in [6, 6.07) is 3.00. The van der Waals surface area contributed by atoms with Crippen LogP contribution >= 0.6 is 11.6 Å². The van der Waals surface area contributed by atoms with Crippen molar-refractivity contribution < 1.29 is 9.90 Å². The molecule has 0 saturated heterocycles. The molecule has 0 heterocycles. The van der Waals surface area contributed by atoms with Gasteiger partial charge < -0.3 is 16.6 Å². The highest BCUT2D eigenvalue weighted by molar-refractivity contribution is 6.18. The highest BCUT2D eigenvalue weighted by atomic mass is 35.5. The Morgan fingerprint density at radius 1 is 1.50 bits per heavy atom. The molecular weight excluding hydrogens is 228 g/mol. The summed E-state index contributed by atoms with van der Waals surface area (Å²) >= 11 is 5.70. The van der Waals surface area contributed by atoms with Crippen LogP contribution in [-0.2, 0) is 6.42 Å². The second-order valence-corrected chi connectivity index (χ2v) is 4.21. The predicted molar refractivity (Wildman–Crippen MR) is 65.8 cm³/mol. The summed E-state index contributed by atoms with van der Waals surface area (Å²) in [6.07, 6.45) is 0.539. The minimum atomic E-state index is -1.02. The van der Waals surface area contributed by atoms with Crippen molar-refractivity contribution in [3.05, 3.63) is 23.3 Å². The van der Waals surface area contributed by atoms with E-state index in [0.29, 0.717) is 29.2 Å². The van der Waals surface area contributed by atoms with E-state index in [1.807, 2.05) is 6.92 Å². The molecule has 5 N–H and O–H groups in total. The summed E-state index contributed by atoms with van der Waals surface area (Å²) in [5, 5.41) is 9.06. The Hall–Kier alpha value is -1.42. The number of nitrogen functional groups attached to an aromatic ring is 2. The third kappa shape index (κ3) is 2.79. The van der Waals surface area contributed by atoms with Gasteiger partial charge in [-0.2, -0.15) is 0 Å². The maximum Gasteiger partial charge on any atom is 0.336 e. The van der Waals surface area contributed by atoms with Gasteiger partial charge in [0.15, 0.2) is 0 Å². The lowest BCUT2D eigenvalue weighted by atomic mass is 9.95. The van der Waals surface area contributed by atoms with Gasteiger partial charge in [-0.15, -0.1) is 11.6 Å². The van der Waals surface area contributed by atoms with E-state index in [0.717, 1.165) is 0 Å². The van der Waals surface area contributed by atoms with Crippen molar-refractivity contribution in [3.8, 4) is 0 Å². The number of nitrogens with two attached hydrogens (primary N) is 2. The molecule has 1 atom stereocenters. The molecule has 0 saturated carbocycles. The highest BCUT2D eigenvalue weighted by Gasteiger charge is 2.16. The molecule has 1 aromatic rings. The van der Waals surface area contributed by atoms with Crippen LogP contribution in [-0.4, -0.2) is 17.0 Å². The van der Waals surface area contributed by atoms with Crippen LogP contribution in [0.5, 0.6) is 0 Å². The monoisotopic (exact) mass is 242 g/mol. The van der Waals surface area contributed by atoms with E-state index in [-0.39, 0.29) is 11.5 Å². The zero-order chi connectivity index (χ0) is 12.3. The third-order valence-electron chi connectivity index (χ3n) is 2.35. The Labute approximate surface area is 99.2 Å². The summed E-state index contributed by atoms with van der Waals surface area (Å²) in [6.45, 7) is 1.94. The molecule has 0 aliphatic carbocycles. The standard InChI is InChI=1S/C11H15ClN2O2/c1-6(5-12)2-8-9(11(15)16)3-7(13)4-10(8)14/h3-4,6H,2,5,13-14H2,1H3,(H,15,16). The number of aromatic carboxylic acids is 1. The van der Waals surface area contributed by atoms with E-state index in [4.69, 9.17) is 28.2 Å². The van der Waals surface area contributed by atoms with E-state index in [1.54, 1.807) is 6.07 Å². The number of rotatable bonds is 4. The van der Waals surface area contributed by atoms with Gasteiger partial charge in [-0.1, -0.05) is 6.92 Å². The number of carboxylic acid groups (broad SMARTS) is 1. The van der Waals surface area contributed by atoms with Crippen molar-refractivity contribution >= 4 is 28.9 Å². The molecule has 0 fully saturated rings. The fraction of sp³-hybridized carbons (Fsp3) is 0.364. The molecule has 16 heavy (non-hydrogen) atoms. The van der Waals surface area contributed by atoms with Gasteiger partial charge in [-0.05, 0) is 30.0 Å². The summed E-state index contributed by atoms with van der Waals surface area (Å²) in [5.41, 5.74) is 12.9. The lowest BCUT2D eigenvalue weighted by Gasteiger charge is -2.13. The lowest BCUT2D eigenvalue weighted by molar-refractivity contribution is 0.0695. The van der Waals surface area contributed by atoms with E-state index < -0.39 is 5.97 Å². The number of carbonyl (C=O) groups is 1. The molecule has 0 amide bonds. The molecular formula is C11H15ClN2O2. The summed E-state index contributed by atoms with van der Waals surface area (Å²) in [5.74, 6) is -0.385. The summed E-state index contributed by atoms with van der Waals surface area (Å²) in [7, 11) is 0. The Kier molecular flexibility index (Phi) is 4.01. The van der Waals surface area contributed by atoms with Crippen LogP contribution in [0, 0.1) is 5.92 Å². The molecule has 0 aliphatic rings. The quantitative estimate of drug-likeness (QED) is 0.556. The van der Waals surface area contributed by atoms with Gasteiger partial charge in [0.1, 0.15) is 0 Å². The van der Waals surface area contributed by atoms with Crippen molar-refractivity contribution in [2.24, 2.45) is 5.92 Å². The second kappa shape index (κ2) is 5.07. The van der Waals surface area contributed by atoms with E-state index >= 15 is 0 Å². The second-order valence-electron chi connectivity index (χ2n) is 3.90. The van der Waals surface area contributed by atoms with Crippen LogP contribution < -0.4 is 11.5 Å². The van der Waals surface area contributed by atoms with Gasteiger partial charge in [-0.3, -0.25) is 0 Å². The molecule has 0 spiro atoms. The Bertz CT molecular complexity index is 407. The molecule has 4 nitrogen and oxygen atoms in total. The molecule has 0 bridgehead atoms. The SMILES string of the molecule is CC(CCl)Cc1c(N)cc(N)cc1C(=O)O. The summed E-state index contributed by atoms with van der Waals surface area (Å²) < 4.78 is 0. The largest absolute Gasteiger partial charge is 0.478 e. The van der Waals surface area contributed by atoms with Gasteiger partial charge in [0.2, 0.25) is 0 Å². The van der Waals surface area contributed by atoms with Crippen molar-refractivity contribution in [3.63, 3.8) is 0 Å². The molecule has 1 aromatic carbocycles. The van der Waals surface area contributed by atoms with Gasteiger partial charge in [0, 0.05) is 17.3 Å². The van der Waals surface area contributed by atoms with E-state index in [2.05, 4.69) is 0 Å². The number of alkyl halides is 1. The Morgan fingerprint density at radius 3 is 2.62 bits per heavy atom. The van der Waals surface area contributed by atoms with Gasteiger partial charge in [0.25, 0.3) is 0 Å². The predicted octanol–water partition coefficient (Wildman–Crippen LogP) is 1.97. The van der Waals surface area contributed by atoms with Crippen LogP contribution in [0.1, 0.15) is 22.8 Å². The van der Waals surface area contributed by atoms with Gasteiger partial charge >= 0.3 is 5.97 Å². The first kappa shape index (κ1) is 12.6. The lowest BCUT2D eigenvalue weighted by Crippen LogP contribution is -2.11. The molecule has 1 rings (SSSR count). The average molecular weight is 243 g/mol. The minimum absolute atomic E-state index is 0.162. The Morgan fingerprint density at radius 2 is 2.12 bits per heavy atom. The maximum atomic E-state index is 11.1. The first-order valence-corrected chi connectivity index (χ1v) is 5.46. The van der Waals surface area contributed by atoms with Crippen LogP contribution in [0.3, 0.4) is 0 Å². The van der Waals surface area contributed by atoms with Crippen LogP contribution in [0.15, 0.2) is 12.1 Å². The van der Waals surface area contributed by atoms with Crippen LogP contribution in [0.2, 0.25) is 0 Å². The first-order valence-electron chi connectivity index (χ1n) is 4.92. The number of halogens is 1. The topological polar surface area (TPSA) is 89.3 Å². The van der Waals surface area contributed by atoms with Crippen molar-refractivity contribution in [2.75, 3.05) is 17.3 Å². The highest BCUT2D eigenvalue weighted by Crippen LogP contribution is 2.24. The van der Waals surface area contributed by atoms with Crippen LogP contribution in [0.4, 0.5) is 11.4 Å². The first-order chi connectivity index (χ1) is 7.45. The molecule has 0 aromatic heterocycles. The smallest absolute Gasteiger partial charge is 0.336 e. The summed E-state index contributed by atoms with van der Waals surface area (Å²) in [4.78, 5) is 11.1. The van der Waals surface area contributed by atoms with Crippen molar-refractivity contribution in [1.29, 1.82) is 0 Å². The molecule has 5 heteroatoms. The maximum absolute atomic E-state index is 11.1. The fourth-order valence-corrected chi connectivity index (χ4v) is 1.65. The number of anilines is 2.